The van der Waals surface area contributed by atoms with Crippen LogP contribution in [0.5, 0.6) is 0 Å². The van der Waals surface area contributed by atoms with E-state index in [0.717, 1.165) is 23.6 Å². The Balaban J connectivity index is 0.00000242. The Bertz CT molecular complexity index is 485. The Hall–Kier alpha value is -0.820. The Morgan fingerprint density at radius 3 is 3.05 bits per heavy atom. The van der Waals surface area contributed by atoms with E-state index in [4.69, 9.17) is 4.74 Å². The van der Waals surface area contributed by atoms with Crippen molar-refractivity contribution >= 4 is 30.1 Å². The minimum absolute atomic E-state index is 0. The zero-order valence-corrected chi connectivity index (χ0v) is 14.2. The van der Waals surface area contributed by atoms with Gasteiger partial charge in [0.1, 0.15) is 5.82 Å². The second kappa shape index (κ2) is 10.0. The van der Waals surface area contributed by atoms with Crippen molar-refractivity contribution in [2.24, 2.45) is 0 Å². The van der Waals surface area contributed by atoms with Gasteiger partial charge in [-0.2, -0.15) is 11.8 Å². The highest BCUT2D eigenvalue weighted by Crippen LogP contribution is 2.12. The van der Waals surface area contributed by atoms with E-state index in [0.29, 0.717) is 18.5 Å². The number of amides is 1. The number of hydrogen-bond acceptors (Lipinski definition) is 4. The maximum absolute atomic E-state index is 13.5. The van der Waals surface area contributed by atoms with Gasteiger partial charge in [-0.1, -0.05) is 6.07 Å². The van der Waals surface area contributed by atoms with Crippen molar-refractivity contribution in [1.29, 1.82) is 0 Å². The molecular formula is C15H22ClFN2O2S. The fourth-order valence-corrected chi connectivity index (χ4v) is 3.20. The van der Waals surface area contributed by atoms with E-state index in [9.17, 15) is 9.18 Å². The molecule has 1 unspecified atom stereocenters. The number of methoxy groups -OCH3 is 1. The summed E-state index contributed by atoms with van der Waals surface area (Å²) in [6.45, 7) is 1.60. The van der Waals surface area contributed by atoms with Crippen molar-refractivity contribution in [3.63, 3.8) is 0 Å². The van der Waals surface area contributed by atoms with Crippen LogP contribution in [0.2, 0.25) is 0 Å². The van der Waals surface area contributed by atoms with E-state index < -0.39 is 0 Å². The maximum Gasteiger partial charge on any atom is 0.221 e. The highest BCUT2D eigenvalue weighted by atomic mass is 35.5. The smallest absolute Gasteiger partial charge is 0.221 e. The minimum Gasteiger partial charge on any atom is -0.380 e. The second-order valence-corrected chi connectivity index (χ2v) is 6.22. The summed E-state index contributed by atoms with van der Waals surface area (Å²) >= 11 is 1.87. The summed E-state index contributed by atoms with van der Waals surface area (Å²) in [5.41, 5.74) is 1.39. The first-order chi connectivity index (χ1) is 10.2. The van der Waals surface area contributed by atoms with Crippen LogP contribution in [0, 0.1) is 5.82 Å². The topological polar surface area (TPSA) is 50.4 Å². The van der Waals surface area contributed by atoms with Crippen LogP contribution in [0.1, 0.15) is 17.5 Å². The number of ether oxygens (including phenoxy) is 1. The van der Waals surface area contributed by atoms with Gasteiger partial charge < -0.3 is 15.4 Å². The third-order valence-corrected chi connectivity index (χ3v) is 4.46. The van der Waals surface area contributed by atoms with Crippen molar-refractivity contribution in [2.75, 3.05) is 25.2 Å². The van der Waals surface area contributed by atoms with Crippen LogP contribution < -0.4 is 10.6 Å². The van der Waals surface area contributed by atoms with Crippen molar-refractivity contribution in [1.82, 2.24) is 10.6 Å². The van der Waals surface area contributed by atoms with E-state index in [1.54, 1.807) is 12.1 Å². The van der Waals surface area contributed by atoms with Gasteiger partial charge in [-0.3, -0.25) is 4.79 Å². The van der Waals surface area contributed by atoms with Crippen LogP contribution in [0.4, 0.5) is 4.39 Å². The Labute approximate surface area is 141 Å². The summed E-state index contributed by atoms with van der Waals surface area (Å²) in [5.74, 6) is 1.82. The van der Waals surface area contributed by atoms with E-state index in [-0.39, 0.29) is 36.8 Å². The second-order valence-electron chi connectivity index (χ2n) is 5.07. The predicted octanol–water partition coefficient (Wildman–Crippen LogP) is 2.11. The zero-order chi connectivity index (χ0) is 15.1. The Kier molecular flexibility index (Phi) is 8.78. The van der Waals surface area contributed by atoms with Crippen molar-refractivity contribution in [3.8, 4) is 0 Å². The highest BCUT2D eigenvalue weighted by molar-refractivity contribution is 7.99. The molecule has 4 nitrogen and oxygen atoms in total. The molecule has 0 saturated carbocycles. The zero-order valence-electron chi connectivity index (χ0n) is 12.6. The molecule has 124 valence electrons. The molecule has 1 fully saturated rings. The van der Waals surface area contributed by atoms with E-state index in [1.165, 1.54) is 13.2 Å². The van der Waals surface area contributed by atoms with E-state index in [2.05, 4.69) is 10.6 Å². The third kappa shape index (κ3) is 6.12. The molecule has 1 amide bonds. The number of carbonyl (C=O) groups excluding carboxylic acids is 1. The van der Waals surface area contributed by atoms with Crippen LogP contribution in [-0.4, -0.2) is 37.1 Å². The Morgan fingerprint density at radius 1 is 1.55 bits per heavy atom. The lowest BCUT2D eigenvalue weighted by Gasteiger charge is -2.22. The fraction of sp³-hybridized carbons (Fsp3) is 0.533. The molecule has 22 heavy (non-hydrogen) atoms. The molecule has 0 aliphatic carbocycles. The molecule has 1 aromatic carbocycles. The average molecular weight is 349 g/mol. The summed E-state index contributed by atoms with van der Waals surface area (Å²) in [6, 6.07) is 5.08. The number of carbonyl (C=O) groups is 1. The molecule has 7 heteroatoms. The molecule has 2 N–H and O–H groups in total. The largest absolute Gasteiger partial charge is 0.380 e. The van der Waals surface area contributed by atoms with Gasteiger partial charge in [0.05, 0.1) is 6.61 Å². The fourth-order valence-electron chi connectivity index (χ4n) is 2.25. The summed E-state index contributed by atoms with van der Waals surface area (Å²) < 4.78 is 18.4. The molecule has 0 bridgehead atoms. The first-order valence-electron chi connectivity index (χ1n) is 7.03. The number of halogens is 2. The predicted molar refractivity (Wildman–Crippen MR) is 89.9 cm³/mol. The summed E-state index contributed by atoms with van der Waals surface area (Å²) in [6.07, 6.45) is 0.485. The lowest BCUT2D eigenvalue weighted by Crippen LogP contribution is -2.41. The SMILES string of the molecule is COCc1cc(CNC(=O)CC2CSCCN2)ccc1F.Cl. The van der Waals surface area contributed by atoms with Gasteiger partial charge in [0, 0.05) is 49.7 Å². The molecule has 1 aliphatic heterocycles. The molecule has 2 rings (SSSR count). The van der Waals surface area contributed by atoms with Crippen molar-refractivity contribution < 1.29 is 13.9 Å². The van der Waals surface area contributed by atoms with Gasteiger partial charge in [-0.25, -0.2) is 4.39 Å². The van der Waals surface area contributed by atoms with Gasteiger partial charge in [0.25, 0.3) is 0 Å². The van der Waals surface area contributed by atoms with Crippen LogP contribution in [-0.2, 0) is 22.7 Å². The monoisotopic (exact) mass is 348 g/mol. The molecule has 1 aromatic rings. The average Bonchev–Trinajstić information content (AvgIpc) is 2.49. The molecule has 0 radical (unpaired) electrons. The molecule has 1 atom stereocenters. The number of benzene rings is 1. The standard InChI is InChI=1S/C15H21FN2O2S.ClH/c1-20-9-12-6-11(2-3-14(12)16)8-18-15(19)7-13-10-21-5-4-17-13;/h2-3,6,13,17H,4-5,7-10H2,1H3,(H,18,19);1H. The number of rotatable bonds is 6. The minimum atomic E-state index is -0.282. The van der Waals surface area contributed by atoms with Gasteiger partial charge in [-0.05, 0) is 17.7 Å². The van der Waals surface area contributed by atoms with Crippen LogP contribution in [0.25, 0.3) is 0 Å². The van der Waals surface area contributed by atoms with Gasteiger partial charge in [0.15, 0.2) is 0 Å². The lowest BCUT2D eigenvalue weighted by atomic mass is 10.1. The van der Waals surface area contributed by atoms with Gasteiger partial charge in [0.2, 0.25) is 5.91 Å². The molecule has 1 heterocycles. The van der Waals surface area contributed by atoms with Gasteiger partial charge in [-0.15, -0.1) is 12.4 Å². The first-order valence-corrected chi connectivity index (χ1v) is 8.18. The molecular weight excluding hydrogens is 327 g/mol. The first kappa shape index (κ1) is 19.2. The third-order valence-electron chi connectivity index (χ3n) is 3.33. The summed E-state index contributed by atoms with van der Waals surface area (Å²) in [4.78, 5) is 11.9. The number of hydrogen-bond donors (Lipinski definition) is 2. The lowest BCUT2D eigenvalue weighted by molar-refractivity contribution is -0.121. The van der Waals surface area contributed by atoms with Crippen LogP contribution in [0.15, 0.2) is 18.2 Å². The number of thioether (sulfide) groups is 1. The summed E-state index contributed by atoms with van der Waals surface area (Å²) in [5, 5.41) is 6.22. The normalized spacial score (nSPS) is 17.6. The molecule has 1 aliphatic rings. The maximum atomic E-state index is 13.5. The molecule has 1 saturated heterocycles. The van der Waals surface area contributed by atoms with Crippen LogP contribution >= 0.6 is 24.2 Å². The quantitative estimate of drug-likeness (QED) is 0.826. The summed E-state index contributed by atoms with van der Waals surface area (Å²) in [7, 11) is 1.53. The Morgan fingerprint density at radius 2 is 2.36 bits per heavy atom. The van der Waals surface area contributed by atoms with Crippen molar-refractivity contribution in [3.05, 3.63) is 35.1 Å². The number of nitrogens with one attached hydrogen (secondary N) is 2. The van der Waals surface area contributed by atoms with Gasteiger partial charge >= 0.3 is 0 Å². The van der Waals surface area contributed by atoms with Crippen molar-refractivity contribution in [2.45, 2.75) is 25.6 Å². The highest BCUT2D eigenvalue weighted by Gasteiger charge is 2.16. The van der Waals surface area contributed by atoms with E-state index >= 15 is 0 Å². The van der Waals surface area contributed by atoms with E-state index in [1.807, 2.05) is 11.8 Å². The molecule has 0 spiro atoms. The molecule has 0 aromatic heterocycles. The van der Waals surface area contributed by atoms with Crippen LogP contribution in [0.3, 0.4) is 0 Å².